The molecule has 38 heavy (non-hydrogen) atoms. The van der Waals surface area contributed by atoms with E-state index in [2.05, 4.69) is 12.2 Å². The van der Waals surface area contributed by atoms with Gasteiger partial charge in [0.1, 0.15) is 36.1 Å². The van der Waals surface area contributed by atoms with Crippen molar-refractivity contribution in [1.29, 1.82) is 0 Å². The molecule has 0 unspecified atom stereocenters. The van der Waals surface area contributed by atoms with Crippen molar-refractivity contribution in [3.63, 3.8) is 0 Å². The molecule has 3 saturated heterocycles. The first-order chi connectivity index (χ1) is 18.4. The number of ether oxygens (including phenoxy) is 5. The lowest BCUT2D eigenvalue weighted by Gasteiger charge is -2.48. The number of fused-ring (bicyclic) bond motifs is 1. The number of epoxide rings is 1. The molecule has 3 fully saturated rings. The third-order valence-electron chi connectivity index (χ3n) is 7.92. The maximum absolute atomic E-state index is 11.9. The highest BCUT2D eigenvalue weighted by molar-refractivity contribution is 5.73. The Morgan fingerprint density at radius 3 is 2.34 bits per heavy atom. The van der Waals surface area contributed by atoms with E-state index in [-0.39, 0.29) is 18.6 Å². The number of rotatable bonds is 15. The van der Waals surface area contributed by atoms with Crippen LogP contribution in [0.4, 0.5) is 0 Å². The summed E-state index contributed by atoms with van der Waals surface area (Å²) in [6.45, 7) is 6.38. The molecule has 0 spiro atoms. The first kappa shape index (κ1) is 29.4. The van der Waals surface area contributed by atoms with E-state index in [9.17, 15) is 9.90 Å². The number of aliphatic hydroxyl groups excluding tert-OH is 1. The molecule has 0 radical (unpaired) electrons. The summed E-state index contributed by atoms with van der Waals surface area (Å²) in [6.07, 6.45) is 8.69. The van der Waals surface area contributed by atoms with E-state index in [1.54, 1.807) is 0 Å². The van der Waals surface area contributed by atoms with Gasteiger partial charge in [0.15, 0.2) is 12.6 Å². The molecule has 2 N–H and O–H groups in total. The number of unbranched alkanes of at least 4 members (excludes halogenated alkanes) is 9. The van der Waals surface area contributed by atoms with Crippen molar-refractivity contribution in [2.24, 2.45) is 0 Å². The van der Waals surface area contributed by atoms with Crippen molar-refractivity contribution in [3.8, 4) is 0 Å². The highest BCUT2D eigenvalue weighted by atomic mass is 16.8. The van der Waals surface area contributed by atoms with E-state index in [4.69, 9.17) is 23.7 Å². The van der Waals surface area contributed by atoms with Gasteiger partial charge in [-0.2, -0.15) is 0 Å². The van der Waals surface area contributed by atoms with E-state index >= 15 is 0 Å². The molecule has 3 aliphatic rings. The number of amides is 1. The summed E-state index contributed by atoms with van der Waals surface area (Å²) in [5.74, 6) is -0.256. The second-order valence-electron chi connectivity index (χ2n) is 11.2. The van der Waals surface area contributed by atoms with Gasteiger partial charge in [0, 0.05) is 13.5 Å². The van der Waals surface area contributed by atoms with Crippen LogP contribution in [-0.2, 0) is 28.5 Å². The second-order valence-corrected chi connectivity index (χ2v) is 11.2. The van der Waals surface area contributed by atoms with Gasteiger partial charge < -0.3 is 34.1 Å². The average Bonchev–Trinajstić information content (AvgIpc) is 3.62. The maximum Gasteiger partial charge on any atom is 0.217 e. The van der Waals surface area contributed by atoms with Gasteiger partial charge in [0.2, 0.25) is 5.91 Å². The number of carbonyl (C=O) groups excluding carboxylic acids is 1. The predicted octanol–water partition coefficient (Wildman–Crippen LogP) is 4.79. The van der Waals surface area contributed by atoms with Crippen molar-refractivity contribution < 1.29 is 33.6 Å². The Balaban J connectivity index is 1.23. The van der Waals surface area contributed by atoms with E-state index < -0.39 is 42.5 Å². The van der Waals surface area contributed by atoms with Crippen LogP contribution in [-0.4, -0.2) is 66.8 Å². The van der Waals surface area contributed by atoms with Crippen molar-refractivity contribution in [3.05, 3.63) is 35.9 Å². The van der Waals surface area contributed by atoms with Gasteiger partial charge in [-0.1, -0.05) is 95.0 Å². The number of carbonyl (C=O) groups is 1. The first-order valence-corrected chi connectivity index (χ1v) is 14.7. The largest absolute Gasteiger partial charge is 0.388 e. The van der Waals surface area contributed by atoms with E-state index in [1.165, 1.54) is 58.3 Å². The summed E-state index contributed by atoms with van der Waals surface area (Å²) in [7, 11) is 0. The Hall–Kier alpha value is -1.55. The molecule has 3 heterocycles. The average molecular weight is 534 g/mol. The zero-order valence-corrected chi connectivity index (χ0v) is 23.3. The Morgan fingerprint density at radius 1 is 1.03 bits per heavy atom. The van der Waals surface area contributed by atoms with E-state index in [0.29, 0.717) is 6.61 Å². The van der Waals surface area contributed by atoms with Crippen LogP contribution in [0.3, 0.4) is 0 Å². The minimum Gasteiger partial charge on any atom is -0.388 e. The predicted molar refractivity (Wildman–Crippen MR) is 143 cm³/mol. The smallest absolute Gasteiger partial charge is 0.217 e. The van der Waals surface area contributed by atoms with Gasteiger partial charge in [0.25, 0.3) is 0 Å². The van der Waals surface area contributed by atoms with Crippen LogP contribution in [0.2, 0.25) is 0 Å². The van der Waals surface area contributed by atoms with Gasteiger partial charge in [-0.15, -0.1) is 0 Å². The topological polar surface area (TPSA) is 98.8 Å². The number of aliphatic hydroxyl groups is 1. The monoisotopic (exact) mass is 533 g/mol. The summed E-state index contributed by atoms with van der Waals surface area (Å²) in [6, 6.07) is 9.22. The number of hydrogen-bond acceptors (Lipinski definition) is 7. The van der Waals surface area contributed by atoms with E-state index in [1.807, 2.05) is 37.3 Å². The van der Waals surface area contributed by atoms with Crippen LogP contribution < -0.4 is 5.32 Å². The lowest BCUT2D eigenvalue weighted by atomic mass is 9.94. The molecule has 1 amide bonds. The summed E-state index contributed by atoms with van der Waals surface area (Å²) in [5, 5.41) is 14.1. The van der Waals surface area contributed by atoms with Gasteiger partial charge in [0.05, 0.1) is 6.61 Å². The molecule has 214 valence electrons. The quantitative estimate of drug-likeness (QED) is 0.247. The number of benzene rings is 1. The van der Waals surface area contributed by atoms with Gasteiger partial charge in [-0.3, -0.25) is 4.79 Å². The van der Waals surface area contributed by atoms with Crippen LogP contribution in [0.1, 0.15) is 96.6 Å². The lowest BCUT2D eigenvalue weighted by molar-refractivity contribution is -0.349. The Bertz CT molecular complexity index is 854. The fourth-order valence-corrected chi connectivity index (χ4v) is 5.63. The third-order valence-corrected chi connectivity index (χ3v) is 7.92. The Kier molecular flexibility index (Phi) is 11.0. The highest BCUT2D eigenvalue weighted by Crippen LogP contribution is 2.54. The summed E-state index contributed by atoms with van der Waals surface area (Å²) in [5.41, 5.74) is 0.402. The molecule has 8 atom stereocenters. The third kappa shape index (κ3) is 7.55. The minimum atomic E-state index is -1.00. The van der Waals surface area contributed by atoms with Gasteiger partial charge in [-0.25, -0.2) is 0 Å². The van der Waals surface area contributed by atoms with Gasteiger partial charge in [-0.05, 0) is 18.9 Å². The van der Waals surface area contributed by atoms with Crippen LogP contribution >= 0.6 is 0 Å². The fourth-order valence-electron chi connectivity index (χ4n) is 5.63. The van der Waals surface area contributed by atoms with Crippen molar-refractivity contribution in [2.75, 3.05) is 13.2 Å². The first-order valence-electron chi connectivity index (χ1n) is 14.7. The molecule has 0 bridgehead atoms. The molecular weight excluding hydrogens is 486 g/mol. The van der Waals surface area contributed by atoms with E-state index in [0.717, 1.165) is 18.4 Å². The van der Waals surface area contributed by atoms with Crippen LogP contribution in [0.5, 0.6) is 0 Å². The molecule has 3 aliphatic heterocycles. The van der Waals surface area contributed by atoms with Crippen molar-refractivity contribution >= 4 is 5.91 Å². The molecule has 1 aromatic carbocycles. The molecule has 4 rings (SSSR count). The summed E-state index contributed by atoms with van der Waals surface area (Å²) < 4.78 is 30.5. The second kappa shape index (κ2) is 14.2. The standard InChI is InChI=1S/C30H47NO7/c1-4-5-6-7-8-9-10-11-12-16-19-34-28-24(31-21(2)32)25(33)26-23(36-28)20-35-29(37-26)30(3)27(38-30)22-17-14-13-15-18-22/h13-15,17-18,23-29,33H,4-12,16,19-20H2,1-3H3,(H,31,32)/t23-,24-,25-,26-,27+,28-,29-,30-/m1/s1. The summed E-state index contributed by atoms with van der Waals surface area (Å²) in [4.78, 5) is 11.9. The molecular formula is C30H47NO7. The number of hydrogen-bond donors (Lipinski definition) is 2. The molecule has 0 saturated carbocycles. The minimum absolute atomic E-state index is 0.143. The van der Waals surface area contributed by atoms with Crippen LogP contribution in [0.25, 0.3) is 0 Å². The molecule has 0 aliphatic carbocycles. The zero-order chi connectivity index (χ0) is 27.0. The van der Waals surface area contributed by atoms with Crippen molar-refractivity contribution in [1.82, 2.24) is 5.32 Å². The molecule has 0 aromatic heterocycles. The molecule has 8 heteroatoms. The molecule has 8 nitrogen and oxygen atoms in total. The summed E-state index contributed by atoms with van der Waals surface area (Å²) >= 11 is 0. The molecule has 1 aromatic rings. The van der Waals surface area contributed by atoms with Crippen molar-refractivity contribution in [2.45, 2.75) is 134 Å². The fraction of sp³-hybridized carbons (Fsp3) is 0.767. The highest BCUT2D eigenvalue weighted by Gasteiger charge is 2.63. The number of nitrogens with one attached hydrogen (secondary N) is 1. The Morgan fingerprint density at radius 2 is 1.68 bits per heavy atom. The van der Waals surface area contributed by atoms with Crippen LogP contribution in [0, 0.1) is 0 Å². The maximum atomic E-state index is 11.9. The normalized spacial score (nSPS) is 34.5. The zero-order valence-electron chi connectivity index (χ0n) is 23.3. The SMILES string of the molecule is CCCCCCCCCCCCO[C@@H]1O[C@@H]2CO[C@@H]([C@]3(C)O[C@H]3c3ccccc3)O[C@H]2[C@H](O)[C@H]1NC(C)=O. The Labute approximate surface area is 227 Å². The van der Waals surface area contributed by atoms with Gasteiger partial charge >= 0.3 is 0 Å². The lowest BCUT2D eigenvalue weighted by Crippen LogP contribution is -2.68. The van der Waals surface area contributed by atoms with Crippen LogP contribution in [0.15, 0.2) is 30.3 Å².